The monoisotopic (exact) mass is 506 g/mol. The zero-order chi connectivity index (χ0) is 24.8. The summed E-state index contributed by atoms with van der Waals surface area (Å²) in [5.41, 5.74) is 1.56. The molecule has 0 radical (unpaired) electrons. The van der Waals surface area contributed by atoms with Gasteiger partial charge in [-0.3, -0.25) is 14.9 Å². The summed E-state index contributed by atoms with van der Waals surface area (Å²) in [5.74, 6) is 0.585. The first-order chi connectivity index (χ1) is 16.7. The molecule has 1 aromatic heterocycles. The normalized spacial score (nSPS) is 21.9. The molecule has 1 aromatic carbocycles. The Morgan fingerprint density at radius 3 is 2.51 bits per heavy atom. The van der Waals surface area contributed by atoms with E-state index in [2.05, 4.69) is 25.3 Å². The second-order valence-corrected chi connectivity index (χ2v) is 9.58. The van der Waals surface area contributed by atoms with Crippen LogP contribution in [0, 0.1) is 5.92 Å². The van der Waals surface area contributed by atoms with Gasteiger partial charge in [-0.15, -0.1) is 13.2 Å². The summed E-state index contributed by atoms with van der Waals surface area (Å²) in [5, 5.41) is 5.40. The van der Waals surface area contributed by atoms with Crippen molar-refractivity contribution in [2.45, 2.75) is 50.9 Å². The van der Waals surface area contributed by atoms with E-state index >= 15 is 0 Å². The van der Waals surface area contributed by atoms with Gasteiger partial charge in [-0.25, -0.2) is 9.97 Å². The topological polar surface area (TPSA) is 93.2 Å². The molecule has 2 N–H and O–H groups in total. The molecule has 35 heavy (non-hydrogen) atoms. The molecule has 1 saturated carbocycles. The number of hydrogen-bond acceptors (Lipinski definition) is 7. The standard InChI is InChI=1S/C24H25F3N4O3S/c25-24(26,27)34-19-7-3-15(4-8-19)9-11-28-17-5-1-16(2-6-17)13-21-29-12-10-18(30-21)14-20-22(32)31-23(33)35-20/h3-4,7-8,10,12,14,16-17,28H,1-2,5-6,9,11,13H2,(H,31,32,33)/b20-14-. The van der Waals surface area contributed by atoms with E-state index in [1.54, 1.807) is 30.5 Å². The Bertz CT molecular complexity index is 1080. The fourth-order valence-corrected chi connectivity index (χ4v) is 4.92. The zero-order valence-corrected chi connectivity index (χ0v) is 19.6. The maximum absolute atomic E-state index is 12.3. The Morgan fingerprint density at radius 2 is 1.86 bits per heavy atom. The van der Waals surface area contributed by atoms with Gasteiger partial charge in [-0.2, -0.15) is 0 Å². The molecule has 0 spiro atoms. The first-order valence-electron chi connectivity index (χ1n) is 11.4. The highest BCUT2D eigenvalue weighted by atomic mass is 32.2. The Hall–Kier alpha value is -2.92. The number of benzene rings is 1. The van der Waals surface area contributed by atoms with E-state index in [4.69, 9.17) is 0 Å². The Morgan fingerprint density at radius 1 is 1.11 bits per heavy atom. The van der Waals surface area contributed by atoms with Gasteiger partial charge < -0.3 is 10.1 Å². The Kier molecular flexibility index (Phi) is 8.07. The number of rotatable bonds is 8. The van der Waals surface area contributed by atoms with Crippen molar-refractivity contribution in [2.75, 3.05) is 6.54 Å². The molecule has 0 bridgehead atoms. The third kappa shape index (κ3) is 7.79. The van der Waals surface area contributed by atoms with Crippen molar-refractivity contribution in [3.63, 3.8) is 0 Å². The lowest BCUT2D eigenvalue weighted by Crippen LogP contribution is -2.35. The Balaban J connectivity index is 1.19. The van der Waals surface area contributed by atoms with E-state index in [1.807, 2.05) is 0 Å². The van der Waals surface area contributed by atoms with Crippen LogP contribution in [0.3, 0.4) is 0 Å². The summed E-state index contributed by atoms with van der Waals surface area (Å²) in [4.78, 5) is 32.3. The van der Waals surface area contributed by atoms with Gasteiger partial charge >= 0.3 is 6.36 Å². The largest absolute Gasteiger partial charge is 0.573 e. The van der Waals surface area contributed by atoms with Crippen LogP contribution in [0.25, 0.3) is 6.08 Å². The number of ether oxygens (including phenoxy) is 1. The van der Waals surface area contributed by atoms with Crippen LogP contribution in [-0.4, -0.2) is 40.1 Å². The SMILES string of the molecule is O=C1NC(=O)/C(=C/c2ccnc(CC3CCC(NCCc4ccc(OC(F)(F)F)cc4)CC3)n2)S1. The highest BCUT2D eigenvalue weighted by Gasteiger charge is 2.31. The molecular formula is C24H25F3N4O3S. The van der Waals surface area contributed by atoms with E-state index in [0.717, 1.165) is 68.2 Å². The van der Waals surface area contributed by atoms with Gasteiger partial charge in [0.15, 0.2) is 0 Å². The number of carbonyl (C=O) groups excluding carboxylic acids is 2. The van der Waals surface area contributed by atoms with Crippen molar-refractivity contribution in [2.24, 2.45) is 5.92 Å². The molecule has 0 unspecified atom stereocenters. The van der Waals surface area contributed by atoms with Crippen LogP contribution in [-0.2, 0) is 17.6 Å². The summed E-state index contributed by atoms with van der Waals surface area (Å²) in [7, 11) is 0. The number of thioether (sulfide) groups is 1. The summed E-state index contributed by atoms with van der Waals surface area (Å²) < 4.78 is 40.7. The number of amides is 2. The van der Waals surface area contributed by atoms with Crippen molar-refractivity contribution < 1.29 is 27.5 Å². The minimum absolute atomic E-state index is 0.211. The predicted octanol–water partition coefficient (Wildman–Crippen LogP) is 4.63. The molecule has 2 amide bonds. The average Bonchev–Trinajstić information content (AvgIpc) is 3.12. The number of imide groups is 1. The highest BCUT2D eigenvalue weighted by molar-refractivity contribution is 8.18. The fourth-order valence-electron chi connectivity index (χ4n) is 4.26. The second-order valence-electron chi connectivity index (χ2n) is 8.57. The molecule has 2 aromatic rings. The van der Waals surface area contributed by atoms with Crippen molar-refractivity contribution in [1.29, 1.82) is 0 Å². The number of nitrogens with zero attached hydrogens (tertiary/aromatic N) is 2. The maximum atomic E-state index is 12.3. The average molecular weight is 507 g/mol. The van der Waals surface area contributed by atoms with Gasteiger partial charge in [0.05, 0.1) is 10.6 Å². The van der Waals surface area contributed by atoms with E-state index in [9.17, 15) is 22.8 Å². The van der Waals surface area contributed by atoms with E-state index in [1.165, 1.54) is 12.1 Å². The van der Waals surface area contributed by atoms with Crippen LogP contribution in [0.5, 0.6) is 5.75 Å². The molecule has 2 heterocycles. The van der Waals surface area contributed by atoms with Crippen molar-refractivity contribution >= 4 is 29.0 Å². The van der Waals surface area contributed by atoms with Crippen LogP contribution in [0.2, 0.25) is 0 Å². The molecule has 4 rings (SSSR count). The third-order valence-electron chi connectivity index (χ3n) is 5.97. The zero-order valence-electron chi connectivity index (χ0n) is 18.8. The smallest absolute Gasteiger partial charge is 0.406 e. The van der Waals surface area contributed by atoms with Crippen molar-refractivity contribution in [3.8, 4) is 5.75 Å². The molecule has 2 aliphatic rings. The van der Waals surface area contributed by atoms with Gasteiger partial charge in [0, 0.05) is 18.7 Å². The second kappa shape index (κ2) is 11.2. The minimum atomic E-state index is -4.68. The fraction of sp³-hybridized carbons (Fsp3) is 0.417. The van der Waals surface area contributed by atoms with Crippen LogP contribution in [0.4, 0.5) is 18.0 Å². The molecular weight excluding hydrogens is 481 g/mol. The number of halogens is 3. The number of aromatic nitrogens is 2. The van der Waals surface area contributed by atoms with Crippen LogP contribution in [0.1, 0.15) is 42.8 Å². The molecule has 2 fully saturated rings. The minimum Gasteiger partial charge on any atom is -0.406 e. The predicted molar refractivity (Wildman–Crippen MR) is 125 cm³/mol. The van der Waals surface area contributed by atoms with Crippen molar-refractivity contribution in [3.05, 3.63) is 58.5 Å². The van der Waals surface area contributed by atoms with Crippen LogP contribution in [0.15, 0.2) is 41.4 Å². The van der Waals surface area contributed by atoms with Crippen molar-refractivity contribution in [1.82, 2.24) is 20.6 Å². The first kappa shape index (κ1) is 25.2. The van der Waals surface area contributed by atoms with Gasteiger partial charge in [0.1, 0.15) is 11.6 Å². The summed E-state index contributed by atoms with van der Waals surface area (Å²) in [6.45, 7) is 0.753. The van der Waals surface area contributed by atoms with Gasteiger partial charge in [0.2, 0.25) is 0 Å². The van der Waals surface area contributed by atoms with E-state index < -0.39 is 12.3 Å². The maximum Gasteiger partial charge on any atom is 0.573 e. The number of carbonyl (C=O) groups is 2. The van der Waals surface area contributed by atoms with E-state index in [0.29, 0.717) is 22.6 Å². The lowest BCUT2D eigenvalue weighted by Gasteiger charge is -2.29. The van der Waals surface area contributed by atoms with Crippen LogP contribution < -0.4 is 15.4 Å². The molecule has 7 nitrogen and oxygen atoms in total. The summed E-state index contributed by atoms with van der Waals surface area (Å²) in [6, 6.07) is 8.10. The lowest BCUT2D eigenvalue weighted by atomic mass is 9.84. The molecule has 1 saturated heterocycles. The van der Waals surface area contributed by atoms with Gasteiger partial charge in [0.25, 0.3) is 11.1 Å². The van der Waals surface area contributed by atoms with Gasteiger partial charge in [-0.1, -0.05) is 12.1 Å². The quantitative estimate of drug-likeness (QED) is 0.504. The van der Waals surface area contributed by atoms with E-state index in [-0.39, 0.29) is 11.0 Å². The van der Waals surface area contributed by atoms with Gasteiger partial charge in [-0.05, 0) is 86.2 Å². The first-order valence-corrected chi connectivity index (χ1v) is 12.2. The Labute approximate surface area is 204 Å². The molecule has 1 aliphatic carbocycles. The third-order valence-corrected chi connectivity index (χ3v) is 6.78. The lowest BCUT2D eigenvalue weighted by molar-refractivity contribution is -0.274. The summed E-state index contributed by atoms with van der Waals surface area (Å²) >= 11 is 0.865. The summed E-state index contributed by atoms with van der Waals surface area (Å²) in [6.07, 6.45) is 4.24. The molecule has 11 heteroatoms. The molecule has 0 atom stereocenters. The number of alkyl halides is 3. The number of nitrogens with one attached hydrogen (secondary N) is 2. The highest BCUT2D eigenvalue weighted by Crippen LogP contribution is 2.28. The molecule has 186 valence electrons. The molecule has 1 aliphatic heterocycles. The van der Waals surface area contributed by atoms with Crippen LogP contribution >= 0.6 is 11.8 Å². The number of hydrogen-bond donors (Lipinski definition) is 2.